The van der Waals surface area contributed by atoms with Gasteiger partial charge in [-0.05, 0) is 78.5 Å². The number of carbonyl (C=O) groups is 4. The summed E-state index contributed by atoms with van der Waals surface area (Å²) < 4.78 is 11.1. The third-order valence-electron chi connectivity index (χ3n) is 6.50. The van der Waals surface area contributed by atoms with Crippen molar-refractivity contribution < 1.29 is 28.7 Å². The Labute approximate surface area is 267 Å². The molecular weight excluding hydrogens is 578 g/mol. The van der Waals surface area contributed by atoms with Crippen LogP contribution in [0.4, 0.5) is 4.79 Å². The van der Waals surface area contributed by atoms with E-state index in [4.69, 9.17) is 9.47 Å². The minimum atomic E-state index is -1.11. The van der Waals surface area contributed by atoms with E-state index in [9.17, 15) is 19.2 Å². The van der Waals surface area contributed by atoms with Crippen LogP contribution in [-0.2, 0) is 30.3 Å². The van der Waals surface area contributed by atoms with E-state index >= 15 is 0 Å². The zero-order valence-electron chi connectivity index (χ0n) is 27.5. The van der Waals surface area contributed by atoms with E-state index in [0.717, 1.165) is 16.7 Å². The number of ether oxygens (including phenoxy) is 2. The molecule has 2 aromatic rings. The summed E-state index contributed by atoms with van der Waals surface area (Å²) in [6, 6.07) is 11.8. The molecule has 10 heteroatoms. The number of amides is 3. The van der Waals surface area contributed by atoms with Gasteiger partial charge in [0.1, 0.15) is 29.3 Å². The first-order chi connectivity index (χ1) is 20.5. The van der Waals surface area contributed by atoms with Crippen molar-refractivity contribution in [1.82, 2.24) is 15.5 Å². The van der Waals surface area contributed by atoms with Crippen molar-refractivity contribution in [3.8, 4) is 0 Å². The van der Waals surface area contributed by atoms with Gasteiger partial charge in [0.05, 0.1) is 0 Å². The molecule has 0 aliphatic carbocycles. The van der Waals surface area contributed by atoms with Gasteiger partial charge < -0.3 is 25.0 Å². The molecule has 0 fully saturated rings. The number of nitrogens with one attached hydrogen (secondary N) is 2. The van der Waals surface area contributed by atoms with E-state index in [0.29, 0.717) is 12.0 Å². The zero-order chi connectivity index (χ0) is 33.2. The van der Waals surface area contributed by atoms with Gasteiger partial charge in [0.15, 0.2) is 0 Å². The van der Waals surface area contributed by atoms with Crippen molar-refractivity contribution in [2.75, 3.05) is 12.3 Å². The monoisotopic (exact) mass is 627 g/mol. The average Bonchev–Trinajstić information content (AvgIpc) is 2.91. The lowest BCUT2D eigenvalue weighted by atomic mass is 9.95. The summed E-state index contributed by atoms with van der Waals surface area (Å²) in [6.07, 6.45) is -0.0321. The third-order valence-corrected chi connectivity index (χ3v) is 6.86. The fourth-order valence-corrected chi connectivity index (χ4v) is 4.86. The highest BCUT2D eigenvalue weighted by atomic mass is 32.1. The van der Waals surface area contributed by atoms with Gasteiger partial charge in [0, 0.05) is 18.7 Å². The number of benzene rings is 2. The van der Waals surface area contributed by atoms with Crippen LogP contribution in [0, 0.1) is 13.8 Å². The molecule has 2 N–H and O–H groups in total. The van der Waals surface area contributed by atoms with Crippen LogP contribution in [0.25, 0.3) is 0 Å². The number of hydrogen-bond acceptors (Lipinski definition) is 7. The highest BCUT2D eigenvalue weighted by Gasteiger charge is 2.38. The summed E-state index contributed by atoms with van der Waals surface area (Å²) in [5, 5.41) is 5.53. The summed E-state index contributed by atoms with van der Waals surface area (Å²) in [5.74, 6) is -1.63. The average molecular weight is 628 g/mol. The van der Waals surface area contributed by atoms with E-state index in [1.807, 2.05) is 69.3 Å². The van der Waals surface area contributed by atoms with Gasteiger partial charge in [-0.3, -0.25) is 9.59 Å². The van der Waals surface area contributed by atoms with E-state index in [1.165, 1.54) is 4.90 Å². The van der Waals surface area contributed by atoms with Crippen LogP contribution in [-0.4, -0.2) is 64.4 Å². The molecule has 0 bridgehead atoms. The van der Waals surface area contributed by atoms with Gasteiger partial charge in [-0.15, -0.1) is 0 Å². The first kappa shape index (κ1) is 36.7. The molecule has 0 saturated carbocycles. The number of alkyl carbamates (subject to hydrolysis) is 1. The summed E-state index contributed by atoms with van der Waals surface area (Å²) in [7, 11) is 0. The topological polar surface area (TPSA) is 114 Å². The summed E-state index contributed by atoms with van der Waals surface area (Å²) in [4.78, 5) is 56.0. The van der Waals surface area contributed by atoms with Crippen LogP contribution in [0.2, 0.25) is 0 Å². The predicted molar refractivity (Wildman–Crippen MR) is 176 cm³/mol. The van der Waals surface area contributed by atoms with Gasteiger partial charge >= 0.3 is 12.1 Å². The fraction of sp³-hybridized carbons (Fsp3) is 0.529. The molecule has 9 nitrogen and oxygen atoms in total. The second kappa shape index (κ2) is 16.0. The summed E-state index contributed by atoms with van der Waals surface area (Å²) in [5.41, 5.74) is 1.60. The molecule has 0 aliphatic rings. The van der Waals surface area contributed by atoms with Crippen molar-refractivity contribution in [3.05, 3.63) is 70.8 Å². The number of rotatable bonds is 12. The Morgan fingerprint density at radius 2 is 1.48 bits per heavy atom. The lowest BCUT2D eigenvalue weighted by Crippen LogP contribution is -2.55. The van der Waals surface area contributed by atoms with E-state index in [2.05, 4.69) is 23.3 Å². The quantitative estimate of drug-likeness (QED) is 0.212. The van der Waals surface area contributed by atoms with Crippen molar-refractivity contribution in [2.45, 2.75) is 104 Å². The van der Waals surface area contributed by atoms with E-state index in [1.54, 1.807) is 41.5 Å². The van der Waals surface area contributed by atoms with Crippen molar-refractivity contribution in [3.63, 3.8) is 0 Å². The van der Waals surface area contributed by atoms with Crippen LogP contribution >= 0.6 is 12.6 Å². The Balaban J connectivity index is 2.58. The summed E-state index contributed by atoms with van der Waals surface area (Å²) in [6.45, 7) is 16.4. The second-order valence-corrected chi connectivity index (χ2v) is 13.3. The maximum absolute atomic E-state index is 14.4. The number of carbonyl (C=O) groups excluding carboxylic acids is 4. The van der Waals surface area contributed by atoms with Gasteiger partial charge in [0.25, 0.3) is 0 Å². The van der Waals surface area contributed by atoms with Gasteiger partial charge in [-0.2, -0.15) is 12.6 Å². The third kappa shape index (κ3) is 11.5. The van der Waals surface area contributed by atoms with Crippen LogP contribution in [0.5, 0.6) is 0 Å². The second-order valence-electron chi connectivity index (χ2n) is 13.0. The molecule has 0 saturated heterocycles. The lowest BCUT2D eigenvalue weighted by Gasteiger charge is -2.35. The molecule has 0 spiro atoms. The maximum atomic E-state index is 14.4. The molecule has 0 heterocycles. The minimum Gasteiger partial charge on any atom is -0.458 e. The lowest BCUT2D eigenvalue weighted by molar-refractivity contribution is -0.159. The molecule has 0 radical (unpaired) electrons. The highest BCUT2D eigenvalue weighted by molar-refractivity contribution is 7.80. The SMILES string of the molecule is CCCN(C(=O)C(CS)NC(=O)OC(C)(C)C)C(C(=O)NC(Cc1ccccc1)C(=O)OC(C)(C)C)c1cc(C)ccc1C. The Bertz CT molecular complexity index is 1290. The molecular formula is C34H49N3O6S. The first-order valence-electron chi connectivity index (χ1n) is 15.0. The zero-order valence-corrected chi connectivity index (χ0v) is 28.4. The maximum Gasteiger partial charge on any atom is 0.408 e. The van der Waals surface area contributed by atoms with Crippen LogP contribution in [0.3, 0.4) is 0 Å². The molecule has 0 aromatic heterocycles. The molecule has 242 valence electrons. The Hall–Kier alpha value is -3.53. The van der Waals surface area contributed by atoms with Gasteiger partial charge in [0.2, 0.25) is 11.8 Å². The van der Waals surface area contributed by atoms with Gasteiger partial charge in [-0.1, -0.05) is 61.0 Å². The highest BCUT2D eigenvalue weighted by Crippen LogP contribution is 2.28. The predicted octanol–water partition coefficient (Wildman–Crippen LogP) is 5.48. The molecule has 44 heavy (non-hydrogen) atoms. The van der Waals surface area contributed by atoms with Crippen molar-refractivity contribution >= 4 is 36.5 Å². The molecule has 2 aromatic carbocycles. The number of aryl methyl sites for hydroxylation is 2. The smallest absolute Gasteiger partial charge is 0.408 e. The van der Waals surface area contributed by atoms with Crippen LogP contribution < -0.4 is 10.6 Å². The molecule has 3 atom stereocenters. The van der Waals surface area contributed by atoms with Crippen molar-refractivity contribution in [1.29, 1.82) is 0 Å². The number of hydrogen-bond donors (Lipinski definition) is 3. The standard InChI is InChI=1S/C34H49N3O6S/c1-10-18-37(30(39)27(21-44)36-32(41)43-34(7,8)9)28(25-19-22(2)16-17-23(25)3)29(38)35-26(31(40)42-33(4,5)6)20-24-14-12-11-13-15-24/h11-17,19,26-28,44H,10,18,20-21H2,1-9H3,(H,35,38)(H,36,41). The number of nitrogens with zero attached hydrogens (tertiary/aromatic N) is 1. The molecule has 0 aliphatic heterocycles. The number of esters is 1. The van der Waals surface area contributed by atoms with E-state index in [-0.39, 0.29) is 18.7 Å². The molecule has 3 amide bonds. The normalized spacial score (nSPS) is 13.7. The van der Waals surface area contributed by atoms with E-state index < -0.39 is 53.2 Å². The summed E-state index contributed by atoms with van der Waals surface area (Å²) >= 11 is 4.35. The van der Waals surface area contributed by atoms with Gasteiger partial charge in [-0.25, -0.2) is 9.59 Å². The Morgan fingerprint density at radius 1 is 0.864 bits per heavy atom. The van der Waals surface area contributed by atoms with Crippen LogP contribution in [0.1, 0.15) is 83.2 Å². The molecule has 3 unspecified atom stereocenters. The van der Waals surface area contributed by atoms with Crippen molar-refractivity contribution in [2.24, 2.45) is 0 Å². The fourth-order valence-electron chi connectivity index (χ4n) is 4.61. The number of thiol groups is 1. The Kier molecular flexibility index (Phi) is 13.3. The first-order valence-corrected chi connectivity index (χ1v) is 15.6. The molecule has 2 rings (SSSR count). The Morgan fingerprint density at radius 3 is 2.02 bits per heavy atom. The largest absolute Gasteiger partial charge is 0.458 e. The van der Waals surface area contributed by atoms with Crippen LogP contribution in [0.15, 0.2) is 48.5 Å². The minimum absolute atomic E-state index is 0.0199.